The van der Waals surface area contributed by atoms with Crippen LogP contribution in [-0.2, 0) is 16.0 Å². The van der Waals surface area contributed by atoms with E-state index in [9.17, 15) is 14.9 Å². The summed E-state index contributed by atoms with van der Waals surface area (Å²) in [5.74, 6) is -0.233. The van der Waals surface area contributed by atoms with Crippen molar-refractivity contribution in [3.8, 4) is 0 Å². The average molecular weight is 431 g/mol. The van der Waals surface area contributed by atoms with Gasteiger partial charge in [0, 0.05) is 25.2 Å². The Hall–Kier alpha value is -3.43. The molecule has 1 unspecified atom stereocenters. The van der Waals surface area contributed by atoms with Crippen LogP contribution in [0.2, 0.25) is 0 Å². The molecule has 1 heterocycles. The largest absolute Gasteiger partial charge is 0.458 e. The molecule has 0 radical (unpaired) electrons. The number of benzene rings is 1. The van der Waals surface area contributed by atoms with Crippen LogP contribution in [0.1, 0.15) is 40.2 Å². The molecule has 2 aromatic rings. The van der Waals surface area contributed by atoms with Gasteiger partial charge in [-0.15, -0.1) is 0 Å². The van der Waals surface area contributed by atoms with E-state index in [1.54, 1.807) is 45.0 Å². The lowest BCUT2D eigenvalue weighted by molar-refractivity contribution is -0.384. The van der Waals surface area contributed by atoms with Crippen LogP contribution in [0.4, 0.5) is 23.1 Å². The predicted molar refractivity (Wildman–Crippen MR) is 120 cm³/mol. The first-order chi connectivity index (χ1) is 14.5. The Morgan fingerprint density at radius 3 is 2.39 bits per heavy atom. The van der Waals surface area contributed by atoms with Gasteiger partial charge in [0.2, 0.25) is 11.8 Å². The van der Waals surface area contributed by atoms with E-state index in [4.69, 9.17) is 10.5 Å². The smallest absolute Gasteiger partial charge is 0.329 e. The van der Waals surface area contributed by atoms with Crippen molar-refractivity contribution >= 4 is 29.1 Å². The van der Waals surface area contributed by atoms with Crippen LogP contribution in [0, 0.1) is 10.1 Å². The minimum atomic E-state index is -0.902. The van der Waals surface area contributed by atoms with Gasteiger partial charge in [-0.05, 0) is 52.3 Å². The number of esters is 1. The van der Waals surface area contributed by atoms with E-state index in [1.165, 1.54) is 0 Å². The third-order valence-electron chi connectivity index (χ3n) is 4.42. The van der Waals surface area contributed by atoms with Crippen LogP contribution >= 0.6 is 0 Å². The summed E-state index contributed by atoms with van der Waals surface area (Å²) in [6.07, 6.45) is 1.38. The summed E-state index contributed by atoms with van der Waals surface area (Å²) < 4.78 is 5.54. The Balaban J connectivity index is 2.43. The molecule has 2 rings (SSSR count). The summed E-state index contributed by atoms with van der Waals surface area (Å²) in [7, 11) is 0. The second kappa shape index (κ2) is 10.1. The van der Waals surface area contributed by atoms with Gasteiger partial charge in [0.15, 0.2) is 0 Å². The number of hydrogen-bond donors (Lipinski definition) is 2. The highest BCUT2D eigenvalue weighted by Crippen LogP contribution is 2.25. The van der Waals surface area contributed by atoms with Gasteiger partial charge in [0.05, 0.1) is 4.92 Å². The molecule has 168 valence electrons. The SMILES string of the molecule is CCN(CC)c1ncc([N+](=O)[O-])c(NC(Cc2ccc(N)cc2)C(=O)OC(C)(C)C)n1. The van der Waals surface area contributed by atoms with Crippen LogP contribution < -0.4 is 16.0 Å². The summed E-state index contributed by atoms with van der Waals surface area (Å²) in [4.78, 5) is 34.2. The van der Waals surface area contributed by atoms with E-state index in [1.807, 2.05) is 18.7 Å². The molecule has 3 N–H and O–H groups in total. The number of carbonyl (C=O) groups excluding carboxylic acids is 1. The monoisotopic (exact) mass is 430 g/mol. The number of hydrogen-bond acceptors (Lipinski definition) is 9. The van der Waals surface area contributed by atoms with E-state index < -0.39 is 22.5 Å². The summed E-state index contributed by atoms with van der Waals surface area (Å²) >= 11 is 0. The van der Waals surface area contributed by atoms with Crippen LogP contribution in [0.15, 0.2) is 30.5 Å². The third kappa shape index (κ3) is 6.80. The Bertz CT molecular complexity index is 907. The van der Waals surface area contributed by atoms with Crippen molar-refractivity contribution in [3.05, 3.63) is 46.1 Å². The molecular weight excluding hydrogens is 400 g/mol. The number of carbonyl (C=O) groups is 1. The molecule has 0 amide bonds. The van der Waals surface area contributed by atoms with Gasteiger partial charge < -0.3 is 20.7 Å². The van der Waals surface area contributed by atoms with Crippen LogP contribution in [-0.4, -0.2) is 45.6 Å². The third-order valence-corrected chi connectivity index (χ3v) is 4.42. The molecule has 10 nitrogen and oxygen atoms in total. The van der Waals surface area contributed by atoms with Crippen LogP contribution in [0.25, 0.3) is 0 Å². The first-order valence-corrected chi connectivity index (χ1v) is 10.1. The highest BCUT2D eigenvalue weighted by molar-refractivity contribution is 5.81. The molecular formula is C21H30N6O4. The molecule has 10 heteroatoms. The molecule has 1 aromatic heterocycles. The molecule has 0 aliphatic carbocycles. The second-order valence-electron chi connectivity index (χ2n) is 8.01. The fraction of sp³-hybridized carbons (Fsp3) is 0.476. The zero-order valence-corrected chi connectivity index (χ0v) is 18.6. The summed E-state index contributed by atoms with van der Waals surface area (Å²) in [5, 5.41) is 14.5. The standard InChI is InChI=1S/C21H30N6O4/c1-6-26(7-2)20-23-13-17(27(29)30)18(25-20)24-16(19(28)31-21(3,4)5)12-14-8-10-15(22)11-9-14/h8-11,13,16H,6-7,12,22H2,1-5H3,(H,23,24,25). The fourth-order valence-electron chi connectivity index (χ4n) is 2.89. The highest BCUT2D eigenvalue weighted by atomic mass is 16.6. The number of nitrogens with two attached hydrogens (primary N) is 1. The van der Waals surface area contributed by atoms with Crippen molar-refractivity contribution in [2.24, 2.45) is 0 Å². The number of nitro groups is 1. The number of anilines is 3. The maximum atomic E-state index is 12.9. The number of aromatic nitrogens is 2. The second-order valence-corrected chi connectivity index (χ2v) is 8.01. The number of rotatable bonds is 9. The Labute approximate surface area is 182 Å². The zero-order valence-electron chi connectivity index (χ0n) is 18.6. The molecule has 0 saturated heterocycles. The number of ether oxygens (including phenoxy) is 1. The van der Waals surface area contributed by atoms with Crippen LogP contribution in [0.5, 0.6) is 0 Å². The quantitative estimate of drug-likeness (QED) is 0.266. The van der Waals surface area contributed by atoms with Crippen molar-refractivity contribution in [2.45, 2.75) is 52.7 Å². The van der Waals surface area contributed by atoms with Crippen molar-refractivity contribution in [3.63, 3.8) is 0 Å². The van der Waals surface area contributed by atoms with Gasteiger partial charge in [-0.25, -0.2) is 9.78 Å². The van der Waals surface area contributed by atoms with E-state index in [2.05, 4.69) is 15.3 Å². The Kier molecular flexibility index (Phi) is 7.73. The molecule has 0 saturated carbocycles. The van der Waals surface area contributed by atoms with Gasteiger partial charge in [-0.1, -0.05) is 12.1 Å². The summed E-state index contributed by atoms with van der Waals surface area (Å²) in [5.41, 5.74) is 6.12. The molecule has 0 aliphatic rings. The van der Waals surface area contributed by atoms with Gasteiger partial charge in [0.1, 0.15) is 17.8 Å². The maximum absolute atomic E-state index is 12.9. The van der Waals surface area contributed by atoms with Gasteiger partial charge in [-0.2, -0.15) is 4.98 Å². The molecule has 0 aliphatic heterocycles. The van der Waals surface area contributed by atoms with Crippen molar-refractivity contribution in [1.82, 2.24) is 9.97 Å². The summed E-state index contributed by atoms with van der Waals surface area (Å²) in [6, 6.07) is 6.15. The lowest BCUT2D eigenvalue weighted by Crippen LogP contribution is -2.38. The fourth-order valence-corrected chi connectivity index (χ4v) is 2.89. The van der Waals surface area contributed by atoms with E-state index in [0.717, 1.165) is 11.8 Å². The molecule has 1 atom stereocenters. The Morgan fingerprint density at radius 2 is 1.87 bits per heavy atom. The topological polar surface area (TPSA) is 137 Å². The molecule has 1 aromatic carbocycles. The lowest BCUT2D eigenvalue weighted by Gasteiger charge is -2.25. The van der Waals surface area contributed by atoms with Gasteiger partial charge >= 0.3 is 11.7 Å². The number of nitrogen functional groups attached to an aromatic ring is 1. The Morgan fingerprint density at radius 1 is 1.26 bits per heavy atom. The van der Waals surface area contributed by atoms with Gasteiger partial charge in [-0.3, -0.25) is 10.1 Å². The highest BCUT2D eigenvalue weighted by Gasteiger charge is 2.29. The van der Waals surface area contributed by atoms with Crippen LogP contribution in [0.3, 0.4) is 0 Å². The molecule has 0 spiro atoms. The van der Waals surface area contributed by atoms with E-state index >= 15 is 0 Å². The van der Waals surface area contributed by atoms with E-state index in [-0.39, 0.29) is 17.9 Å². The first-order valence-electron chi connectivity index (χ1n) is 10.1. The normalized spacial score (nSPS) is 12.2. The molecule has 0 bridgehead atoms. The number of nitrogens with one attached hydrogen (secondary N) is 1. The van der Waals surface area contributed by atoms with Gasteiger partial charge in [0.25, 0.3) is 0 Å². The zero-order chi connectivity index (χ0) is 23.2. The minimum Gasteiger partial charge on any atom is -0.458 e. The van der Waals surface area contributed by atoms with Crippen molar-refractivity contribution in [2.75, 3.05) is 29.0 Å². The summed E-state index contributed by atoms with van der Waals surface area (Å²) in [6.45, 7) is 10.4. The average Bonchev–Trinajstić information content (AvgIpc) is 2.68. The molecule has 0 fully saturated rings. The lowest BCUT2D eigenvalue weighted by atomic mass is 10.0. The van der Waals surface area contributed by atoms with Crippen molar-refractivity contribution < 1.29 is 14.5 Å². The molecule has 31 heavy (non-hydrogen) atoms. The van der Waals surface area contributed by atoms with E-state index in [0.29, 0.717) is 24.7 Å². The number of nitrogens with zero attached hydrogens (tertiary/aromatic N) is 4. The maximum Gasteiger partial charge on any atom is 0.329 e. The first kappa shape index (κ1) is 23.8. The van der Waals surface area contributed by atoms with Crippen molar-refractivity contribution in [1.29, 1.82) is 0 Å². The predicted octanol–water partition coefficient (Wildman–Crippen LogP) is 3.18. The minimum absolute atomic E-state index is 0.0341.